The lowest BCUT2D eigenvalue weighted by molar-refractivity contribution is 0.409. The molecule has 158 valence electrons. The summed E-state index contributed by atoms with van der Waals surface area (Å²) in [4.78, 5) is 13.7. The van der Waals surface area contributed by atoms with E-state index in [-0.39, 0.29) is 5.43 Å². The largest absolute Gasteiger partial charge is 0.496 e. The van der Waals surface area contributed by atoms with Gasteiger partial charge >= 0.3 is 0 Å². The Labute approximate surface area is 173 Å². The molecule has 0 saturated heterocycles. The lowest BCUT2D eigenvalue weighted by Gasteiger charge is -2.14. The minimum absolute atomic E-state index is 0.139. The van der Waals surface area contributed by atoms with E-state index >= 15 is 0 Å². The third-order valence-electron chi connectivity index (χ3n) is 5.20. The maximum absolute atomic E-state index is 13.7. The van der Waals surface area contributed by atoms with E-state index in [1.165, 1.54) is 0 Å². The van der Waals surface area contributed by atoms with E-state index in [9.17, 15) is 4.79 Å². The fourth-order valence-corrected chi connectivity index (χ4v) is 3.90. The number of nitrogens with two attached hydrogens (primary N) is 2. The SMILES string of the molecule is COc1ccc(OC)c2c1c(=O)c1c(NCCN)ccc3c(CNCCN)nn2c31. The van der Waals surface area contributed by atoms with Gasteiger partial charge in [-0.3, -0.25) is 4.79 Å². The van der Waals surface area contributed by atoms with Crippen molar-refractivity contribution in [3.05, 3.63) is 40.2 Å². The van der Waals surface area contributed by atoms with Crippen LogP contribution in [0.3, 0.4) is 0 Å². The summed E-state index contributed by atoms with van der Waals surface area (Å²) in [6.45, 7) is 2.73. The average molecular weight is 410 g/mol. The first kappa shape index (κ1) is 20.1. The Bertz CT molecular complexity index is 1250. The lowest BCUT2D eigenvalue weighted by Crippen LogP contribution is -2.22. The van der Waals surface area contributed by atoms with Gasteiger partial charge in [-0.1, -0.05) is 0 Å². The molecule has 0 unspecified atom stereocenters. The van der Waals surface area contributed by atoms with Gasteiger partial charge in [-0.15, -0.1) is 0 Å². The Hall–Kier alpha value is -3.14. The van der Waals surface area contributed by atoms with E-state index in [1.54, 1.807) is 30.9 Å². The summed E-state index contributed by atoms with van der Waals surface area (Å²) in [5, 5.41) is 13.3. The van der Waals surface area contributed by atoms with Gasteiger partial charge in [-0.05, 0) is 24.3 Å². The van der Waals surface area contributed by atoms with Crippen molar-refractivity contribution in [1.29, 1.82) is 0 Å². The molecule has 0 saturated carbocycles. The van der Waals surface area contributed by atoms with Crippen molar-refractivity contribution in [3.8, 4) is 11.5 Å². The normalized spacial score (nSPS) is 11.6. The van der Waals surface area contributed by atoms with Crippen molar-refractivity contribution >= 4 is 32.9 Å². The molecule has 9 heteroatoms. The second-order valence-corrected chi connectivity index (χ2v) is 6.95. The van der Waals surface area contributed by atoms with Crippen molar-refractivity contribution in [2.45, 2.75) is 6.54 Å². The molecule has 2 aromatic heterocycles. The number of hydrogen-bond acceptors (Lipinski definition) is 8. The zero-order chi connectivity index (χ0) is 21.3. The highest BCUT2D eigenvalue weighted by molar-refractivity contribution is 6.10. The fourth-order valence-electron chi connectivity index (χ4n) is 3.90. The quantitative estimate of drug-likeness (QED) is 0.236. The number of benzene rings is 2. The van der Waals surface area contributed by atoms with Crippen LogP contribution in [0.4, 0.5) is 5.69 Å². The van der Waals surface area contributed by atoms with Gasteiger partial charge in [-0.2, -0.15) is 5.10 Å². The van der Waals surface area contributed by atoms with Crippen LogP contribution in [0, 0.1) is 0 Å². The van der Waals surface area contributed by atoms with Gasteiger partial charge < -0.3 is 31.6 Å². The van der Waals surface area contributed by atoms with Crippen LogP contribution in [-0.2, 0) is 6.54 Å². The Morgan fingerprint density at radius 1 is 0.967 bits per heavy atom. The second-order valence-electron chi connectivity index (χ2n) is 6.95. The first-order valence-corrected chi connectivity index (χ1v) is 9.85. The maximum atomic E-state index is 13.7. The van der Waals surface area contributed by atoms with E-state index in [0.717, 1.165) is 22.3 Å². The van der Waals surface area contributed by atoms with Crippen LogP contribution in [0.25, 0.3) is 27.2 Å². The Morgan fingerprint density at radius 3 is 2.40 bits per heavy atom. The topological polar surface area (TPSA) is 129 Å². The molecule has 2 heterocycles. The minimum Gasteiger partial charge on any atom is -0.496 e. The monoisotopic (exact) mass is 410 g/mol. The summed E-state index contributed by atoms with van der Waals surface area (Å²) in [7, 11) is 3.12. The maximum Gasteiger partial charge on any atom is 0.203 e. The first-order valence-electron chi connectivity index (χ1n) is 9.85. The van der Waals surface area contributed by atoms with Gasteiger partial charge in [0.2, 0.25) is 5.43 Å². The highest BCUT2D eigenvalue weighted by atomic mass is 16.5. The van der Waals surface area contributed by atoms with Crippen LogP contribution in [0.15, 0.2) is 29.1 Å². The van der Waals surface area contributed by atoms with Gasteiger partial charge in [0, 0.05) is 43.8 Å². The molecule has 30 heavy (non-hydrogen) atoms. The smallest absolute Gasteiger partial charge is 0.203 e. The number of aromatic nitrogens is 2. The van der Waals surface area contributed by atoms with E-state index in [0.29, 0.717) is 60.5 Å². The molecule has 0 bridgehead atoms. The molecule has 0 spiro atoms. The summed E-state index contributed by atoms with van der Waals surface area (Å²) >= 11 is 0. The van der Waals surface area contributed by atoms with Crippen molar-refractivity contribution in [3.63, 3.8) is 0 Å². The van der Waals surface area contributed by atoms with Crippen molar-refractivity contribution in [2.75, 3.05) is 45.7 Å². The molecule has 0 aliphatic heterocycles. The van der Waals surface area contributed by atoms with Crippen LogP contribution in [0.1, 0.15) is 5.69 Å². The Kier molecular flexibility index (Phi) is 5.58. The molecule has 0 atom stereocenters. The third-order valence-corrected chi connectivity index (χ3v) is 5.20. The summed E-state index contributed by atoms with van der Waals surface area (Å²) in [5.74, 6) is 1.03. The van der Waals surface area contributed by atoms with Gasteiger partial charge in [0.15, 0.2) is 0 Å². The summed E-state index contributed by atoms with van der Waals surface area (Å²) < 4.78 is 12.9. The van der Waals surface area contributed by atoms with Crippen LogP contribution < -0.4 is 37.0 Å². The van der Waals surface area contributed by atoms with E-state index in [1.807, 2.05) is 12.1 Å². The number of hydrogen-bond donors (Lipinski definition) is 4. The number of ether oxygens (including phenoxy) is 2. The summed E-state index contributed by atoms with van der Waals surface area (Å²) in [6.07, 6.45) is 0. The van der Waals surface area contributed by atoms with Gasteiger partial charge in [0.05, 0.1) is 36.2 Å². The highest BCUT2D eigenvalue weighted by Crippen LogP contribution is 2.37. The number of methoxy groups -OCH3 is 2. The molecule has 9 nitrogen and oxygen atoms in total. The number of nitrogens with zero attached hydrogens (tertiary/aromatic N) is 2. The predicted molar refractivity (Wildman–Crippen MR) is 119 cm³/mol. The number of pyridine rings is 1. The Balaban J connectivity index is 2.15. The van der Waals surface area contributed by atoms with Gasteiger partial charge in [-0.25, -0.2) is 4.52 Å². The van der Waals surface area contributed by atoms with Crippen molar-refractivity contribution < 1.29 is 9.47 Å². The van der Waals surface area contributed by atoms with Crippen LogP contribution in [-0.4, -0.2) is 50.0 Å². The number of fused-ring (bicyclic) bond motifs is 2. The number of anilines is 1. The lowest BCUT2D eigenvalue weighted by atomic mass is 10.0. The molecule has 6 N–H and O–H groups in total. The van der Waals surface area contributed by atoms with Gasteiger partial charge in [0.1, 0.15) is 17.0 Å². The number of rotatable bonds is 9. The highest BCUT2D eigenvalue weighted by Gasteiger charge is 2.23. The Morgan fingerprint density at radius 2 is 1.70 bits per heavy atom. The van der Waals surface area contributed by atoms with Crippen molar-refractivity contribution in [2.24, 2.45) is 11.5 Å². The fraction of sp³-hybridized carbons (Fsp3) is 0.333. The number of nitrogens with one attached hydrogen (secondary N) is 2. The molecular formula is C21H26N6O3. The van der Waals surface area contributed by atoms with E-state index in [2.05, 4.69) is 10.6 Å². The molecule has 4 rings (SSSR count). The summed E-state index contributed by atoms with van der Waals surface area (Å²) in [5.41, 5.74) is 14.0. The molecule has 0 aliphatic rings. The van der Waals surface area contributed by atoms with Gasteiger partial charge in [0.25, 0.3) is 0 Å². The standard InChI is InChI=1S/C21H26N6O3/c1-29-15-5-6-16(30-2)20-18(15)21(28)17-13(25-10-8-23)4-3-12-14(11-24-9-7-22)26-27(20)19(12)17/h3-6,24-25H,7-11,22-23H2,1-2H3. The zero-order valence-corrected chi connectivity index (χ0v) is 17.1. The molecule has 4 aromatic rings. The van der Waals surface area contributed by atoms with Crippen molar-refractivity contribution in [1.82, 2.24) is 14.9 Å². The zero-order valence-electron chi connectivity index (χ0n) is 17.1. The van der Waals surface area contributed by atoms with Crippen LogP contribution >= 0.6 is 0 Å². The predicted octanol–water partition coefficient (Wildman–Crippen LogP) is 0.875. The molecular weight excluding hydrogens is 384 g/mol. The average Bonchev–Trinajstić information content (AvgIpc) is 3.14. The van der Waals surface area contributed by atoms with E-state index < -0.39 is 0 Å². The third kappa shape index (κ3) is 3.07. The summed E-state index contributed by atoms with van der Waals surface area (Å²) in [6, 6.07) is 7.40. The molecule has 0 fully saturated rings. The molecule has 2 aromatic carbocycles. The van der Waals surface area contributed by atoms with Crippen LogP contribution in [0.2, 0.25) is 0 Å². The first-order chi connectivity index (χ1) is 14.7. The van der Waals surface area contributed by atoms with Crippen LogP contribution in [0.5, 0.6) is 11.5 Å². The minimum atomic E-state index is -0.139. The van der Waals surface area contributed by atoms with E-state index in [4.69, 9.17) is 26.0 Å². The molecule has 0 aliphatic carbocycles. The molecule has 0 amide bonds. The molecule has 0 radical (unpaired) electrons. The second kappa shape index (κ2) is 8.31.